The summed E-state index contributed by atoms with van der Waals surface area (Å²) in [6.07, 6.45) is 7.58. The molecule has 0 spiro atoms. The van der Waals surface area contributed by atoms with Crippen LogP contribution in [-0.2, 0) is 11.2 Å². The van der Waals surface area contributed by atoms with E-state index in [9.17, 15) is 4.79 Å². The van der Waals surface area contributed by atoms with E-state index in [1.807, 2.05) is 30.3 Å². The normalized spacial score (nSPS) is 21.4. The summed E-state index contributed by atoms with van der Waals surface area (Å²) in [5.41, 5.74) is 1.13. The molecular weight excluding hydrogens is 260 g/mol. The van der Waals surface area contributed by atoms with Gasteiger partial charge < -0.3 is 9.80 Å². The molecule has 0 radical (unpaired) electrons. The van der Waals surface area contributed by atoms with Gasteiger partial charge in [-0.15, -0.1) is 0 Å². The Labute approximate surface area is 127 Å². The molecule has 1 amide bonds. The molecule has 0 bridgehead atoms. The summed E-state index contributed by atoms with van der Waals surface area (Å²) < 4.78 is 0. The smallest absolute Gasteiger partial charge is 0.227 e. The number of piperazine rings is 1. The lowest BCUT2D eigenvalue weighted by Gasteiger charge is -2.38. The summed E-state index contributed by atoms with van der Waals surface area (Å²) in [7, 11) is 0. The van der Waals surface area contributed by atoms with Crippen molar-refractivity contribution in [1.29, 1.82) is 0 Å². The third-order valence-corrected chi connectivity index (χ3v) is 5.14. The van der Waals surface area contributed by atoms with Crippen molar-refractivity contribution >= 4 is 5.91 Å². The zero-order valence-electron chi connectivity index (χ0n) is 12.9. The highest BCUT2D eigenvalue weighted by Crippen LogP contribution is 2.15. The molecule has 1 aliphatic carbocycles. The van der Waals surface area contributed by atoms with Gasteiger partial charge >= 0.3 is 0 Å². The van der Waals surface area contributed by atoms with E-state index in [4.69, 9.17) is 0 Å². The van der Waals surface area contributed by atoms with Gasteiger partial charge in [0.15, 0.2) is 0 Å². The van der Waals surface area contributed by atoms with E-state index in [1.54, 1.807) is 4.90 Å². The minimum atomic E-state index is 0.295. The van der Waals surface area contributed by atoms with Crippen molar-refractivity contribution in [3.05, 3.63) is 35.9 Å². The highest BCUT2D eigenvalue weighted by molar-refractivity contribution is 5.78. The highest BCUT2D eigenvalue weighted by atomic mass is 16.2. The molecule has 2 fully saturated rings. The van der Waals surface area contributed by atoms with Gasteiger partial charge in [0, 0.05) is 0 Å². The van der Waals surface area contributed by atoms with Crippen LogP contribution in [0.2, 0.25) is 0 Å². The monoisotopic (exact) mass is 287 g/mol. The molecule has 1 heterocycles. The number of amides is 1. The van der Waals surface area contributed by atoms with Crippen molar-refractivity contribution in [2.45, 2.75) is 44.6 Å². The topological polar surface area (TPSA) is 24.8 Å². The third kappa shape index (κ3) is 3.85. The van der Waals surface area contributed by atoms with Crippen LogP contribution in [-0.4, -0.2) is 43.0 Å². The predicted octanol–water partition coefficient (Wildman–Crippen LogP) is 1.29. The van der Waals surface area contributed by atoms with Crippen LogP contribution < -0.4 is 4.90 Å². The lowest BCUT2D eigenvalue weighted by atomic mass is 9.94. The molecule has 114 valence electrons. The minimum Gasteiger partial charge on any atom is -0.331 e. The number of carbonyl (C=O) groups excluding carboxylic acids is 1. The van der Waals surface area contributed by atoms with Crippen LogP contribution in [0.4, 0.5) is 0 Å². The molecule has 1 aromatic rings. The molecule has 0 atom stereocenters. The average Bonchev–Trinajstić information content (AvgIpc) is 2.57. The fourth-order valence-electron chi connectivity index (χ4n) is 3.84. The first-order valence-corrected chi connectivity index (χ1v) is 8.49. The molecule has 1 N–H and O–H groups in total. The zero-order valence-corrected chi connectivity index (χ0v) is 12.9. The van der Waals surface area contributed by atoms with E-state index in [-0.39, 0.29) is 0 Å². The Morgan fingerprint density at radius 3 is 2.38 bits per heavy atom. The quantitative estimate of drug-likeness (QED) is 0.890. The van der Waals surface area contributed by atoms with Gasteiger partial charge in [-0.1, -0.05) is 36.8 Å². The predicted molar refractivity (Wildman–Crippen MR) is 84.3 cm³/mol. The maximum atomic E-state index is 12.4. The number of rotatable bonds is 3. The Bertz CT molecular complexity index is 446. The van der Waals surface area contributed by atoms with E-state index >= 15 is 0 Å². The van der Waals surface area contributed by atoms with Crippen LogP contribution in [0, 0.1) is 0 Å². The molecule has 2 aliphatic rings. The molecular formula is C18H27N2O+. The average molecular weight is 287 g/mol. The van der Waals surface area contributed by atoms with Gasteiger partial charge in [0.1, 0.15) is 0 Å². The van der Waals surface area contributed by atoms with Gasteiger partial charge in [0.2, 0.25) is 5.91 Å². The first-order chi connectivity index (χ1) is 10.3. The standard InChI is InChI=1S/C18H26N2O/c21-18(15-16-7-3-1-4-8-16)20-13-11-19(12-14-20)17-9-5-2-6-10-17/h1,3-4,7-8,17H,2,5-6,9-15H2/p+1. The zero-order chi connectivity index (χ0) is 14.5. The van der Waals surface area contributed by atoms with Gasteiger partial charge in [-0.3, -0.25) is 4.79 Å². The van der Waals surface area contributed by atoms with Crippen molar-refractivity contribution in [1.82, 2.24) is 4.90 Å². The Balaban J connectivity index is 1.47. The first kappa shape index (κ1) is 14.6. The number of hydrogen-bond donors (Lipinski definition) is 1. The summed E-state index contributed by atoms with van der Waals surface area (Å²) in [5, 5.41) is 0. The van der Waals surface area contributed by atoms with Crippen LogP contribution in [0.5, 0.6) is 0 Å². The molecule has 0 unspecified atom stereocenters. The molecule has 3 nitrogen and oxygen atoms in total. The van der Waals surface area contributed by atoms with Crippen molar-refractivity contribution in [3.8, 4) is 0 Å². The van der Waals surface area contributed by atoms with Crippen LogP contribution >= 0.6 is 0 Å². The van der Waals surface area contributed by atoms with E-state index < -0.39 is 0 Å². The van der Waals surface area contributed by atoms with Crippen molar-refractivity contribution in [3.63, 3.8) is 0 Å². The second-order valence-corrected chi connectivity index (χ2v) is 6.54. The maximum Gasteiger partial charge on any atom is 0.227 e. The summed E-state index contributed by atoms with van der Waals surface area (Å²) in [6.45, 7) is 4.17. The molecule has 1 saturated heterocycles. The Morgan fingerprint density at radius 2 is 1.71 bits per heavy atom. The van der Waals surface area contributed by atoms with E-state index in [2.05, 4.69) is 4.90 Å². The van der Waals surface area contributed by atoms with Gasteiger partial charge in [0.25, 0.3) is 0 Å². The van der Waals surface area contributed by atoms with E-state index in [0.29, 0.717) is 12.3 Å². The number of carbonyl (C=O) groups is 1. The van der Waals surface area contributed by atoms with E-state index in [1.165, 1.54) is 32.1 Å². The summed E-state index contributed by atoms with van der Waals surface area (Å²) in [6, 6.07) is 11.0. The van der Waals surface area contributed by atoms with Crippen LogP contribution in [0.1, 0.15) is 37.7 Å². The Kier molecular flexibility index (Phi) is 4.91. The minimum absolute atomic E-state index is 0.295. The fraction of sp³-hybridized carbons (Fsp3) is 0.611. The summed E-state index contributed by atoms with van der Waals surface area (Å²) >= 11 is 0. The van der Waals surface area contributed by atoms with Crippen molar-refractivity contribution in [2.75, 3.05) is 26.2 Å². The van der Waals surface area contributed by atoms with Crippen LogP contribution in [0.3, 0.4) is 0 Å². The molecule has 1 saturated carbocycles. The summed E-state index contributed by atoms with van der Waals surface area (Å²) in [5.74, 6) is 0.295. The number of quaternary nitrogens is 1. The van der Waals surface area contributed by atoms with Gasteiger partial charge in [-0.2, -0.15) is 0 Å². The number of nitrogens with zero attached hydrogens (tertiary/aromatic N) is 1. The number of hydrogen-bond acceptors (Lipinski definition) is 1. The first-order valence-electron chi connectivity index (χ1n) is 8.49. The Morgan fingerprint density at radius 1 is 1.05 bits per heavy atom. The summed E-state index contributed by atoms with van der Waals surface area (Å²) in [4.78, 5) is 16.2. The number of benzene rings is 1. The molecule has 21 heavy (non-hydrogen) atoms. The van der Waals surface area contributed by atoms with Crippen molar-refractivity contribution < 1.29 is 9.69 Å². The fourth-order valence-corrected chi connectivity index (χ4v) is 3.84. The van der Waals surface area contributed by atoms with Gasteiger partial charge in [0.05, 0.1) is 38.6 Å². The molecule has 1 aromatic carbocycles. The van der Waals surface area contributed by atoms with Gasteiger partial charge in [-0.25, -0.2) is 0 Å². The van der Waals surface area contributed by atoms with Crippen LogP contribution in [0.25, 0.3) is 0 Å². The third-order valence-electron chi connectivity index (χ3n) is 5.14. The SMILES string of the molecule is O=C(Cc1ccccc1)N1CC[NH+](C2CCCCC2)CC1. The maximum absolute atomic E-state index is 12.4. The van der Waals surface area contributed by atoms with Gasteiger partial charge in [-0.05, 0) is 31.2 Å². The lowest BCUT2D eigenvalue weighted by Crippen LogP contribution is -3.18. The highest BCUT2D eigenvalue weighted by Gasteiger charge is 2.29. The molecule has 0 aromatic heterocycles. The van der Waals surface area contributed by atoms with Crippen LogP contribution in [0.15, 0.2) is 30.3 Å². The second-order valence-electron chi connectivity index (χ2n) is 6.54. The molecule has 1 aliphatic heterocycles. The Hall–Kier alpha value is -1.35. The number of nitrogens with one attached hydrogen (secondary N) is 1. The molecule has 3 heteroatoms. The molecule has 3 rings (SSSR count). The van der Waals surface area contributed by atoms with Crippen molar-refractivity contribution in [2.24, 2.45) is 0 Å². The second kappa shape index (κ2) is 7.08. The lowest BCUT2D eigenvalue weighted by molar-refractivity contribution is -0.930. The largest absolute Gasteiger partial charge is 0.331 e. The van der Waals surface area contributed by atoms with E-state index in [0.717, 1.165) is 37.8 Å².